The molecule has 76 valence electrons. The molecule has 0 aliphatic carbocycles. The van der Waals surface area contributed by atoms with Crippen molar-refractivity contribution in [3.63, 3.8) is 0 Å². The van der Waals surface area contributed by atoms with Crippen LogP contribution in [0.1, 0.15) is 18.0 Å². The summed E-state index contributed by atoms with van der Waals surface area (Å²) >= 11 is 3.17. The van der Waals surface area contributed by atoms with Crippen molar-refractivity contribution in [3.05, 3.63) is 46.7 Å². The molecule has 0 saturated carbocycles. The molecule has 0 amide bonds. The van der Waals surface area contributed by atoms with Gasteiger partial charge in [-0.3, -0.25) is 0 Å². The Labute approximate surface area is 92.1 Å². The van der Waals surface area contributed by atoms with E-state index in [9.17, 15) is 4.39 Å². The molecule has 0 heterocycles. The first-order valence-electron chi connectivity index (χ1n) is 4.42. The molecule has 1 unspecified atom stereocenters. The van der Waals surface area contributed by atoms with Crippen LogP contribution >= 0.6 is 15.9 Å². The number of halogens is 2. The Bertz CT molecular complexity index is 325. The standard InChI is InChI=1S/C11H13BrFN/c1-3-5-10(14-2)8-6-4-7-9(12)11(8)13/h3-4,6-7,10,14H,1,5H2,2H3. The summed E-state index contributed by atoms with van der Waals surface area (Å²) in [7, 11) is 1.81. The monoisotopic (exact) mass is 257 g/mol. The lowest BCUT2D eigenvalue weighted by Gasteiger charge is -2.15. The van der Waals surface area contributed by atoms with Gasteiger partial charge in [0.2, 0.25) is 0 Å². The van der Waals surface area contributed by atoms with E-state index in [1.54, 1.807) is 18.2 Å². The van der Waals surface area contributed by atoms with Crippen LogP contribution in [0.15, 0.2) is 35.3 Å². The van der Waals surface area contributed by atoms with Crippen LogP contribution in [-0.4, -0.2) is 7.05 Å². The Morgan fingerprint density at radius 1 is 1.64 bits per heavy atom. The highest BCUT2D eigenvalue weighted by Gasteiger charge is 2.13. The molecular weight excluding hydrogens is 245 g/mol. The Morgan fingerprint density at radius 3 is 2.93 bits per heavy atom. The normalized spacial score (nSPS) is 12.5. The van der Waals surface area contributed by atoms with E-state index in [0.29, 0.717) is 16.5 Å². The average Bonchev–Trinajstić information content (AvgIpc) is 2.19. The Morgan fingerprint density at radius 2 is 2.36 bits per heavy atom. The second kappa shape index (κ2) is 5.27. The van der Waals surface area contributed by atoms with Gasteiger partial charge in [0.15, 0.2) is 0 Å². The highest BCUT2D eigenvalue weighted by Crippen LogP contribution is 2.25. The maximum atomic E-state index is 13.6. The van der Waals surface area contributed by atoms with Crippen LogP contribution in [-0.2, 0) is 0 Å². The first-order valence-corrected chi connectivity index (χ1v) is 5.22. The number of benzene rings is 1. The maximum Gasteiger partial charge on any atom is 0.142 e. The third-order valence-electron chi connectivity index (χ3n) is 2.11. The smallest absolute Gasteiger partial charge is 0.142 e. The predicted octanol–water partition coefficient (Wildman–Crippen LogP) is 3.42. The zero-order chi connectivity index (χ0) is 10.6. The van der Waals surface area contributed by atoms with Crippen LogP contribution in [0.5, 0.6) is 0 Å². The summed E-state index contributed by atoms with van der Waals surface area (Å²) in [4.78, 5) is 0. The molecule has 1 aromatic carbocycles. The van der Waals surface area contributed by atoms with E-state index in [1.165, 1.54) is 0 Å². The van der Waals surface area contributed by atoms with E-state index in [4.69, 9.17) is 0 Å². The highest BCUT2D eigenvalue weighted by atomic mass is 79.9. The van der Waals surface area contributed by atoms with Gasteiger partial charge in [-0.2, -0.15) is 0 Å². The molecule has 1 rings (SSSR count). The third kappa shape index (κ3) is 2.42. The zero-order valence-corrected chi connectivity index (χ0v) is 9.64. The van der Waals surface area contributed by atoms with Crippen molar-refractivity contribution in [1.29, 1.82) is 0 Å². The van der Waals surface area contributed by atoms with Crippen LogP contribution in [0.3, 0.4) is 0 Å². The summed E-state index contributed by atoms with van der Waals surface area (Å²) < 4.78 is 14.1. The summed E-state index contributed by atoms with van der Waals surface area (Å²) in [5, 5.41) is 3.06. The van der Waals surface area contributed by atoms with Crippen LogP contribution < -0.4 is 5.32 Å². The first kappa shape index (κ1) is 11.4. The van der Waals surface area contributed by atoms with Crippen molar-refractivity contribution < 1.29 is 4.39 Å². The van der Waals surface area contributed by atoms with Crippen LogP contribution in [0.2, 0.25) is 0 Å². The van der Waals surface area contributed by atoms with Crippen molar-refractivity contribution in [2.75, 3.05) is 7.05 Å². The minimum absolute atomic E-state index is 0.00926. The molecule has 0 aliphatic heterocycles. The summed E-state index contributed by atoms with van der Waals surface area (Å²) in [5.74, 6) is -0.200. The minimum atomic E-state index is -0.200. The van der Waals surface area contributed by atoms with E-state index in [1.807, 2.05) is 13.1 Å². The largest absolute Gasteiger partial charge is 0.313 e. The molecule has 0 spiro atoms. The average molecular weight is 258 g/mol. The van der Waals surface area contributed by atoms with Gasteiger partial charge in [0.25, 0.3) is 0 Å². The van der Waals surface area contributed by atoms with Gasteiger partial charge in [-0.25, -0.2) is 4.39 Å². The minimum Gasteiger partial charge on any atom is -0.313 e. The summed E-state index contributed by atoms with van der Waals surface area (Å²) in [5.41, 5.74) is 0.668. The lowest BCUT2D eigenvalue weighted by molar-refractivity contribution is 0.536. The summed E-state index contributed by atoms with van der Waals surface area (Å²) in [6.45, 7) is 3.65. The number of hydrogen-bond acceptors (Lipinski definition) is 1. The van der Waals surface area contributed by atoms with E-state index >= 15 is 0 Å². The molecule has 0 aliphatic rings. The first-order chi connectivity index (χ1) is 6.70. The van der Waals surface area contributed by atoms with Crippen molar-refractivity contribution in [2.24, 2.45) is 0 Å². The second-order valence-corrected chi connectivity index (χ2v) is 3.86. The van der Waals surface area contributed by atoms with Crippen LogP contribution in [0.4, 0.5) is 4.39 Å². The highest BCUT2D eigenvalue weighted by molar-refractivity contribution is 9.10. The fourth-order valence-corrected chi connectivity index (χ4v) is 1.74. The molecule has 0 bridgehead atoms. The van der Waals surface area contributed by atoms with Gasteiger partial charge >= 0.3 is 0 Å². The second-order valence-electron chi connectivity index (χ2n) is 3.01. The topological polar surface area (TPSA) is 12.0 Å². The van der Waals surface area contributed by atoms with Crippen molar-refractivity contribution in [1.82, 2.24) is 5.32 Å². The van der Waals surface area contributed by atoms with Crippen LogP contribution in [0.25, 0.3) is 0 Å². The SMILES string of the molecule is C=CCC(NC)c1cccc(Br)c1F. The molecular formula is C11H13BrFN. The van der Waals surface area contributed by atoms with Gasteiger partial charge in [0, 0.05) is 11.6 Å². The lowest BCUT2D eigenvalue weighted by atomic mass is 10.0. The van der Waals surface area contributed by atoms with Gasteiger partial charge in [-0.15, -0.1) is 6.58 Å². The molecule has 1 N–H and O–H groups in total. The number of hydrogen-bond donors (Lipinski definition) is 1. The van der Waals surface area contributed by atoms with Gasteiger partial charge in [0.05, 0.1) is 4.47 Å². The van der Waals surface area contributed by atoms with E-state index < -0.39 is 0 Å². The maximum absolute atomic E-state index is 13.6. The summed E-state index contributed by atoms with van der Waals surface area (Å²) in [6.07, 6.45) is 2.49. The van der Waals surface area contributed by atoms with Gasteiger partial charge in [0.1, 0.15) is 5.82 Å². The molecule has 0 saturated heterocycles. The molecule has 0 aromatic heterocycles. The molecule has 14 heavy (non-hydrogen) atoms. The summed E-state index contributed by atoms with van der Waals surface area (Å²) in [6, 6.07) is 5.30. The van der Waals surface area contributed by atoms with E-state index in [-0.39, 0.29) is 11.9 Å². The fourth-order valence-electron chi connectivity index (χ4n) is 1.36. The van der Waals surface area contributed by atoms with Crippen LogP contribution in [0, 0.1) is 5.82 Å². The molecule has 0 radical (unpaired) electrons. The predicted molar refractivity (Wildman–Crippen MR) is 60.7 cm³/mol. The van der Waals surface area contributed by atoms with Gasteiger partial charge < -0.3 is 5.32 Å². The van der Waals surface area contributed by atoms with Gasteiger partial charge in [-0.1, -0.05) is 18.2 Å². The molecule has 3 heteroatoms. The van der Waals surface area contributed by atoms with Crippen molar-refractivity contribution in [3.8, 4) is 0 Å². The Hall–Kier alpha value is -0.670. The fraction of sp³-hybridized carbons (Fsp3) is 0.273. The van der Waals surface area contributed by atoms with Crippen molar-refractivity contribution >= 4 is 15.9 Å². The lowest BCUT2D eigenvalue weighted by Crippen LogP contribution is -2.17. The molecule has 0 fully saturated rings. The Balaban J connectivity index is 3.03. The molecule has 1 aromatic rings. The quantitative estimate of drug-likeness (QED) is 0.816. The molecule has 1 nitrogen and oxygen atoms in total. The van der Waals surface area contributed by atoms with E-state index in [2.05, 4.69) is 27.8 Å². The zero-order valence-electron chi connectivity index (χ0n) is 8.06. The van der Waals surface area contributed by atoms with E-state index in [0.717, 1.165) is 0 Å². The van der Waals surface area contributed by atoms with Crippen molar-refractivity contribution in [2.45, 2.75) is 12.5 Å². The number of nitrogens with one attached hydrogen (secondary N) is 1. The third-order valence-corrected chi connectivity index (χ3v) is 2.72. The van der Waals surface area contributed by atoms with Gasteiger partial charge in [-0.05, 0) is 35.5 Å². The Kier molecular flexibility index (Phi) is 4.29. The number of rotatable bonds is 4. The molecule has 1 atom stereocenters.